The van der Waals surface area contributed by atoms with Gasteiger partial charge in [0.25, 0.3) is 5.56 Å². The van der Waals surface area contributed by atoms with Crippen molar-refractivity contribution in [1.82, 2.24) is 19.1 Å². The zero-order chi connectivity index (χ0) is 18.0. The van der Waals surface area contributed by atoms with E-state index >= 15 is 0 Å². The molecule has 0 radical (unpaired) electrons. The molecule has 0 N–H and O–H groups in total. The van der Waals surface area contributed by atoms with Crippen molar-refractivity contribution in [3.8, 4) is 11.3 Å². The minimum atomic E-state index is -0.240. The minimum absolute atomic E-state index is 0.0263. The van der Waals surface area contributed by atoms with E-state index in [1.54, 1.807) is 35.5 Å². The number of fused-ring (bicyclic) bond motifs is 1. The lowest BCUT2D eigenvalue weighted by Crippen LogP contribution is -2.36. The standard InChI is InChI=1S/C18H19ClN4O2/c1-3-21(4-2)17(24)12-22-9-10-23-16(18(22)25)11-15(20-23)13-5-7-14(19)8-6-13/h5-11H,3-4,12H2,1-2H3. The molecule has 0 saturated heterocycles. The lowest BCUT2D eigenvalue weighted by Gasteiger charge is -2.19. The Labute approximate surface area is 150 Å². The van der Waals surface area contributed by atoms with E-state index in [1.807, 2.05) is 26.0 Å². The highest BCUT2D eigenvalue weighted by Crippen LogP contribution is 2.20. The quantitative estimate of drug-likeness (QED) is 0.704. The predicted molar refractivity (Wildman–Crippen MR) is 97.8 cm³/mol. The van der Waals surface area contributed by atoms with Gasteiger partial charge < -0.3 is 9.47 Å². The Kier molecular flexibility index (Phi) is 4.90. The van der Waals surface area contributed by atoms with Crippen molar-refractivity contribution in [2.24, 2.45) is 0 Å². The number of aromatic nitrogens is 3. The van der Waals surface area contributed by atoms with Gasteiger partial charge in [-0.3, -0.25) is 9.59 Å². The van der Waals surface area contributed by atoms with E-state index in [-0.39, 0.29) is 18.0 Å². The molecule has 0 aliphatic carbocycles. The van der Waals surface area contributed by atoms with E-state index in [4.69, 9.17) is 11.6 Å². The first-order valence-corrected chi connectivity index (χ1v) is 8.53. The van der Waals surface area contributed by atoms with Gasteiger partial charge in [-0.05, 0) is 32.0 Å². The number of rotatable bonds is 5. The van der Waals surface area contributed by atoms with Crippen LogP contribution in [-0.4, -0.2) is 38.1 Å². The van der Waals surface area contributed by atoms with Crippen LogP contribution in [0.15, 0.2) is 47.5 Å². The van der Waals surface area contributed by atoms with Gasteiger partial charge in [0.15, 0.2) is 0 Å². The van der Waals surface area contributed by atoms with Crippen LogP contribution in [0.1, 0.15) is 13.8 Å². The molecule has 0 atom stereocenters. The van der Waals surface area contributed by atoms with Crippen molar-refractivity contribution in [2.75, 3.05) is 13.1 Å². The smallest absolute Gasteiger partial charge is 0.277 e. The van der Waals surface area contributed by atoms with Crippen molar-refractivity contribution in [3.63, 3.8) is 0 Å². The minimum Gasteiger partial charge on any atom is -0.342 e. The number of hydrogen-bond acceptors (Lipinski definition) is 3. The van der Waals surface area contributed by atoms with Crippen LogP contribution < -0.4 is 5.56 Å². The van der Waals surface area contributed by atoms with Gasteiger partial charge in [0.1, 0.15) is 12.1 Å². The predicted octanol–water partition coefficient (Wildman–Crippen LogP) is 2.68. The van der Waals surface area contributed by atoms with Crippen molar-refractivity contribution in [1.29, 1.82) is 0 Å². The van der Waals surface area contributed by atoms with Gasteiger partial charge in [0.2, 0.25) is 5.91 Å². The summed E-state index contributed by atoms with van der Waals surface area (Å²) in [4.78, 5) is 26.6. The number of halogens is 1. The highest BCUT2D eigenvalue weighted by molar-refractivity contribution is 6.30. The molecule has 0 spiro atoms. The van der Waals surface area contributed by atoms with Gasteiger partial charge in [-0.2, -0.15) is 5.10 Å². The molecule has 3 aromatic rings. The molecular weight excluding hydrogens is 340 g/mol. The van der Waals surface area contributed by atoms with Gasteiger partial charge in [-0.15, -0.1) is 0 Å². The number of nitrogens with zero attached hydrogens (tertiary/aromatic N) is 4. The molecule has 0 saturated carbocycles. The number of hydrogen-bond donors (Lipinski definition) is 0. The second kappa shape index (κ2) is 7.11. The monoisotopic (exact) mass is 358 g/mol. The van der Waals surface area contributed by atoms with Crippen LogP contribution in [0.3, 0.4) is 0 Å². The summed E-state index contributed by atoms with van der Waals surface area (Å²) in [5.74, 6) is -0.0751. The number of amides is 1. The Hall–Kier alpha value is -2.60. The van der Waals surface area contributed by atoms with Gasteiger partial charge in [0.05, 0.1) is 5.69 Å². The summed E-state index contributed by atoms with van der Waals surface area (Å²) < 4.78 is 2.95. The summed E-state index contributed by atoms with van der Waals surface area (Å²) in [5, 5.41) is 5.07. The molecule has 2 heterocycles. The van der Waals surface area contributed by atoms with E-state index in [2.05, 4.69) is 5.10 Å². The first-order chi connectivity index (χ1) is 12.0. The fraction of sp³-hybridized carbons (Fsp3) is 0.278. The Morgan fingerprint density at radius 2 is 1.84 bits per heavy atom. The van der Waals surface area contributed by atoms with Gasteiger partial charge in [-0.1, -0.05) is 23.7 Å². The zero-order valence-electron chi connectivity index (χ0n) is 14.1. The van der Waals surface area contributed by atoms with E-state index in [9.17, 15) is 9.59 Å². The zero-order valence-corrected chi connectivity index (χ0v) is 14.9. The van der Waals surface area contributed by atoms with Crippen LogP contribution in [0.25, 0.3) is 16.8 Å². The number of carbonyl (C=O) groups excluding carboxylic acids is 1. The average molecular weight is 359 g/mol. The molecule has 3 rings (SSSR count). The molecule has 1 amide bonds. The third kappa shape index (κ3) is 3.44. The summed E-state index contributed by atoms with van der Waals surface area (Å²) in [6.07, 6.45) is 3.28. The average Bonchev–Trinajstić information content (AvgIpc) is 3.04. The summed E-state index contributed by atoms with van der Waals surface area (Å²) >= 11 is 5.91. The topological polar surface area (TPSA) is 59.6 Å². The van der Waals surface area contributed by atoms with Crippen LogP contribution in [0.2, 0.25) is 5.02 Å². The molecule has 0 bridgehead atoms. The van der Waals surface area contributed by atoms with E-state index in [0.29, 0.717) is 29.3 Å². The first-order valence-electron chi connectivity index (χ1n) is 8.16. The van der Waals surface area contributed by atoms with Crippen LogP contribution in [0.4, 0.5) is 0 Å². The van der Waals surface area contributed by atoms with Crippen LogP contribution in [0, 0.1) is 0 Å². The molecule has 6 nitrogen and oxygen atoms in total. The third-order valence-corrected chi connectivity index (χ3v) is 4.42. The Morgan fingerprint density at radius 3 is 2.48 bits per heavy atom. The van der Waals surface area contributed by atoms with E-state index < -0.39 is 0 Å². The second-order valence-electron chi connectivity index (χ2n) is 5.66. The largest absolute Gasteiger partial charge is 0.342 e. The van der Waals surface area contributed by atoms with E-state index in [1.165, 1.54) is 9.08 Å². The number of likely N-dealkylation sites (N-methyl/N-ethyl adjacent to an activating group) is 1. The highest BCUT2D eigenvalue weighted by Gasteiger charge is 2.14. The maximum absolute atomic E-state index is 12.7. The summed E-state index contributed by atoms with van der Waals surface area (Å²) in [6.45, 7) is 5.11. The van der Waals surface area contributed by atoms with Crippen LogP contribution >= 0.6 is 11.6 Å². The molecule has 0 aliphatic heterocycles. The van der Waals surface area contributed by atoms with Gasteiger partial charge in [0, 0.05) is 36.1 Å². The van der Waals surface area contributed by atoms with Gasteiger partial charge in [-0.25, -0.2) is 4.52 Å². The molecule has 2 aromatic heterocycles. The molecule has 0 aliphatic rings. The van der Waals surface area contributed by atoms with Crippen molar-refractivity contribution in [3.05, 3.63) is 58.1 Å². The maximum Gasteiger partial charge on any atom is 0.277 e. The lowest BCUT2D eigenvalue weighted by molar-refractivity contribution is -0.131. The molecule has 25 heavy (non-hydrogen) atoms. The highest BCUT2D eigenvalue weighted by atomic mass is 35.5. The summed E-state index contributed by atoms with van der Waals surface area (Å²) in [7, 11) is 0. The molecular formula is C18H19ClN4O2. The normalized spacial score (nSPS) is 11.0. The van der Waals surface area contributed by atoms with Gasteiger partial charge >= 0.3 is 0 Å². The van der Waals surface area contributed by atoms with E-state index in [0.717, 1.165) is 5.56 Å². The Bertz CT molecular complexity index is 955. The van der Waals surface area contributed by atoms with Crippen molar-refractivity contribution >= 4 is 23.0 Å². The number of carbonyl (C=O) groups is 1. The molecule has 0 unspecified atom stereocenters. The van der Waals surface area contributed by atoms with Crippen molar-refractivity contribution < 1.29 is 4.79 Å². The fourth-order valence-corrected chi connectivity index (χ4v) is 2.86. The Morgan fingerprint density at radius 1 is 1.16 bits per heavy atom. The van der Waals surface area contributed by atoms with Crippen molar-refractivity contribution in [2.45, 2.75) is 20.4 Å². The van der Waals surface area contributed by atoms with Crippen LogP contribution in [-0.2, 0) is 11.3 Å². The molecule has 7 heteroatoms. The first kappa shape index (κ1) is 17.2. The molecule has 0 fully saturated rings. The lowest BCUT2D eigenvalue weighted by atomic mass is 10.1. The second-order valence-corrected chi connectivity index (χ2v) is 6.10. The fourth-order valence-electron chi connectivity index (χ4n) is 2.73. The summed E-state index contributed by atoms with van der Waals surface area (Å²) in [5.41, 5.74) is 1.75. The SMILES string of the molecule is CCN(CC)C(=O)Cn1ccn2nc(-c3ccc(Cl)cc3)cc2c1=O. The third-order valence-electron chi connectivity index (χ3n) is 4.17. The number of benzene rings is 1. The Balaban J connectivity index is 1.96. The van der Waals surface area contributed by atoms with Crippen LogP contribution in [0.5, 0.6) is 0 Å². The molecule has 130 valence electrons. The molecule has 1 aromatic carbocycles. The maximum atomic E-state index is 12.7. The summed E-state index contributed by atoms with van der Waals surface area (Å²) in [6, 6.07) is 8.99.